The van der Waals surface area contributed by atoms with E-state index in [4.69, 9.17) is 4.74 Å². The van der Waals surface area contributed by atoms with Crippen molar-refractivity contribution in [3.8, 4) is 5.75 Å². The Balaban J connectivity index is 1.81. The van der Waals surface area contributed by atoms with E-state index in [-0.39, 0.29) is 0 Å². The summed E-state index contributed by atoms with van der Waals surface area (Å²) >= 11 is 0. The lowest BCUT2D eigenvalue weighted by atomic mass is 9.84. The first-order chi connectivity index (χ1) is 9.79. The van der Waals surface area contributed by atoms with Gasteiger partial charge in [-0.1, -0.05) is 18.2 Å². The second-order valence-electron chi connectivity index (χ2n) is 5.69. The summed E-state index contributed by atoms with van der Waals surface area (Å²) < 4.78 is 5.41. The maximum Gasteiger partial charge on any atom is 0.223 e. The second-order valence-corrected chi connectivity index (χ2v) is 5.69. The number of benzene rings is 1. The van der Waals surface area contributed by atoms with Crippen LogP contribution in [0.4, 0.5) is 0 Å². The summed E-state index contributed by atoms with van der Waals surface area (Å²) in [5.74, 6) is 1.77. The van der Waals surface area contributed by atoms with E-state index >= 15 is 0 Å². The highest BCUT2D eigenvalue weighted by Crippen LogP contribution is 2.31. The Labute approximate surface area is 120 Å². The first-order valence-corrected chi connectivity index (χ1v) is 7.41. The molecule has 2 heterocycles. The Morgan fingerprint density at radius 2 is 2.20 bits per heavy atom. The minimum absolute atomic E-state index is 0.291. The van der Waals surface area contributed by atoms with Crippen LogP contribution < -0.4 is 10.1 Å². The number of piperidine rings is 2. The molecule has 1 aromatic carbocycles. The molecular formula is C16H22N2O2. The summed E-state index contributed by atoms with van der Waals surface area (Å²) in [5.41, 5.74) is 1.10. The average Bonchev–Trinajstić information content (AvgIpc) is 2.50. The Hall–Kier alpha value is -1.55. The zero-order valence-corrected chi connectivity index (χ0v) is 12.0. The predicted molar refractivity (Wildman–Crippen MR) is 77.5 cm³/mol. The molecule has 2 unspecified atom stereocenters. The third-order valence-corrected chi connectivity index (χ3v) is 4.55. The molecule has 0 radical (unpaired) electrons. The van der Waals surface area contributed by atoms with Crippen molar-refractivity contribution in [1.82, 2.24) is 10.2 Å². The van der Waals surface area contributed by atoms with Gasteiger partial charge < -0.3 is 15.0 Å². The number of rotatable bonds is 3. The molecule has 2 saturated heterocycles. The van der Waals surface area contributed by atoms with E-state index in [1.807, 2.05) is 18.2 Å². The molecule has 2 aliphatic rings. The van der Waals surface area contributed by atoms with Crippen molar-refractivity contribution < 1.29 is 9.53 Å². The fourth-order valence-corrected chi connectivity index (χ4v) is 3.47. The lowest BCUT2D eigenvalue weighted by Gasteiger charge is -2.44. The highest BCUT2D eigenvalue weighted by atomic mass is 16.5. The average molecular weight is 274 g/mol. The van der Waals surface area contributed by atoms with E-state index < -0.39 is 0 Å². The van der Waals surface area contributed by atoms with Gasteiger partial charge in [-0.2, -0.15) is 0 Å². The van der Waals surface area contributed by atoms with Gasteiger partial charge in [0.2, 0.25) is 5.91 Å². The van der Waals surface area contributed by atoms with E-state index in [2.05, 4.69) is 16.3 Å². The molecule has 3 rings (SSSR count). The highest BCUT2D eigenvalue weighted by molar-refractivity contribution is 5.77. The van der Waals surface area contributed by atoms with Crippen molar-refractivity contribution in [3.63, 3.8) is 0 Å². The molecule has 0 saturated carbocycles. The molecule has 2 aliphatic heterocycles. The standard InChI is InChI=1S/C16H22N2O2/c1-20-15-5-3-2-4-13(15)11-18-14-8-9-17-10-12(14)6-7-16(18)19/h2-5,12,14,17H,6-11H2,1H3. The maximum atomic E-state index is 12.3. The fourth-order valence-electron chi connectivity index (χ4n) is 3.47. The topological polar surface area (TPSA) is 41.6 Å². The molecule has 2 fully saturated rings. The molecule has 4 nitrogen and oxygen atoms in total. The van der Waals surface area contributed by atoms with Crippen LogP contribution >= 0.6 is 0 Å². The number of methoxy groups -OCH3 is 1. The van der Waals surface area contributed by atoms with Crippen molar-refractivity contribution in [1.29, 1.82) is 0 Å². The molecule has 108 valence electrons. The minimum Gasteiger partial charge on any atom is -0.496 e. The van der Waals surface area contributed by atoms with Crippen LogP contribution in [0, 0.1) is 5.92 Å². The first-order valence-electron chi connectivity index (χ1n) is 7.41. The predicted octanol–water partition coefficient (Wildman–Crippen LogP) is 1.80. The molecule has 1 amide bonds. The molecule has 20 heavy (non-hydrogen) atoms. The van der Waals surface area contributed by atoms with Crippen molar-refractivity contribution in [2.45, 2.75) is 31.8 Å². The van der Waals surface area contributed by atoms with Gasteiger partial charge in [0.05, 0.1) is 7.11 Å². The molecule has 2 atom stereocenters. The molecule has 1 N–H and O–H groups in total. The summed E-state index contributed by atoms with van der Waals surface area (Å²) in [6, 6.07) is 8.38. The molecule has 0 bridgehead atoms. The van der Waals surface area contributed by atoms with Crippen molar-refractivity contribution in [2.24, 2.45) is 5.92 Å². The van der Waals surface area contributed by atoms with Gasteiger partial charge in [0.15, 0.2) is 0 Å². The summed E-state index contributed by atoms with van der Waals surface area (Å²) in [7, 11) is 1.68. The number of nitrogens with one attached hydrogen (secondary N) is 1. The molecule has 4 heteroatoms. The Morgan fingerprint density at radius 1 is 1.35 bits per heavy atom. The lowest BCUT2D eigenvalue weighted by molar-refractivity contribution is -0.140. The number of ether oxygens (including phenoxy) is 1. The van der Waals surface area contributed by atoms with Crippen LogP contribution in [0.15, 0.2) is 24.3 Å². The third-order valence-electron chi connectivity index (χ3n) is 4.55. The maximum absolute atomic E-state index is 12.3. The minimum atomic E-state index is 0.291. The molecule has 0 spiro atoms. The van der Waals surface area contributed by atoms with Crippen LogP contribution in [0.25, 0.3) is 0 Å². The van der Waals surface area contributed by atoms with Crippen molar-refractivity contribution in [2.75, 3.05) is 20.2 Å². The normalized spacial score (nSPS) is 26.2. The largest absolute Gasteiger partial charge is 0.496 e. The van der Waals surface area contributed by atoms with Gasteiger partial charge in [-0.15, -0.1) is 0 Å². The van der Waals surface area contributed by atoms with E-state index in [1.54, 1.807) is 7.11 Å². The van der Waals surface area contributed by atoms with Crippen LogP contribution in [0.2, 0.25) is 0 Å². The number of likely N-dealkylation sites (tertiary alicyclic amines) is 1. The zero-order valence-electron chi connectivity index (χ0n) is 12.0. The van der Waals surface area contributed by atoms with Crippen molar-refractivity contribution >= 4 is 5.91 Å². The Kier molecular flexibility index (Phi) is 3.92. The monoisotopic (exact) mass is 274 g/mol. The number of amides is 1. The number of fused-ring (bicyclic) bond motifs is 1. The smallest absolute Gasteiger partial charge is 0.223 e. The van der Waals surface area contributed by atoms with E-state index in [1.165, 1.54) is 0 Å². The number of nitrogens with zero attached hydrogens (tertiary/aromatic N) is 1. The molecular weight excluding hydrogens is 252 g/mol. The molecule has 0 aromatic heterocycles. The van der Waals surface area contributed by atoms with E-state index in [0.29, 0.717) is 30.8 Å². The zero-order chi connectivity index (χ0) is 13.9. The Morgan fingerprint density at radius 3 is 3.05 bits per heavy atom. The summed E-state index contributed by atoms with van der Waals surface area (Å²) in [6.45, 7) is 2.72. The quantitative estimate of drug-likeness (QED) is 0.914. The van der Waals surface area contributed by atoms with Crippen LogP contribution in [0.1, 0.15) is 24.8 Å². The summed E-state index contributed by atoms with van der Waals surface area (Å²) in [5, 5.41) is 3.44. The fraction of sp³-hybridized carbons (Fsp3) is 0.562. The van der Waals surface area contributed by atoms with E-state index in [0.717, 1.165) is 37.2 Å². The summed E-state index contributed by atoms with van der Waals surface area (Å²) in [6.07, 6.45) is 2.77. The van der Waals surface area contributed by atoms with Gasteiger partial charge in [-0.05, 0) is 37.9 Å². The lowest BCUT2D eigenvalue weighted by Crippen LogP contribution is -2.54. The Bertz CT molecular complexity index is 489. The van der Waals surface area contributed by atoms with Gasteiger partial charge in [-0.25, -0.2) is 0 Å². The first kappa shape index (κ1) is 13.4. The molecule has 1 aromatic rings. The number of hydrogen-bond acceptors (Lipinski definition) is 3. The number of hydrogen-bond donors (Lipinski definition) is 1. The molecule has 0 aliphatic carbocycles. The van der Waals surface area contributed by atoms with Crippen LogP contribution in [0.3, 0.4) is 0 Å². The van der Waals surface area contributed by atoms with Gasteiger partial charge in [0.25, 0.3) is 0 Å². The van der Waals surface area contributed by atoms with Crippen LogP contribution in [-0.2, 0) is 11.3 Å². The summed E-state index contributed by atoms with van der Waals surface area (Å²) in [4.78, 5) is 14.4. The van der Waals surface area contributed by atoms with E-state index in [9.17, 15) is 4.79 Å². The SMILES string of the molecule is COc1ccccc1CN1C(=O)CCC2CNCCC21. The van der Waals surface area contributed by atoms with Crippen molar-refractivity contribution in [3.05, 3.63) is 29.8 Å². The second kappa shape index (κ2) is 5.83. The van der Waals surface area contributed by atoms with Gasteiger partial charge in [0, 0.05) is 24.6 Å². The van der Waals surface area contributed by atoms with Gasteiger partial charge in [-0.3, -0.25) is 4.79 Å². The number of para-hydroxylation sites is 1. The third kappa shape index (κ3) is 2.52. The van der Waals surface area contributed by atoms with Gasteiger partial charge >= 0.3 is 0 Å². The number of carbonyl (C=O) groups is 1. The highest BCUT2D eigenvalue weighted by Gasteiger charge is 2.37. The number of carbonyl (C=O) groups excluding carboxylic acids is 1. The van der Waals surface area contributed by atoms with Crippen LogP contribution in [-0.4, -0.2) is 37.0 Å². The van der Waals surface area contributed by atoms with Crippen LogP contribution in [0.5, 0.6) is 5.75 Å². The van der Waals surface area contributed by atoms with Gasteiger partial charge in [0.1, 0.15) is 5.75 Å².